The van der Waals surface area contributed by atoms with Gasteiger partial charge in [0.25, 0.3) is 0 Å². The van der Waals surface area contributed by atoms with Crippen molar-refractivity contribution in [3.63, 3.8) is 0 Å². The fourth-order valence-electron chi connectivity index (χ4n) is 3.55. The number of hydrogen-bond acceptors (Lipinski definition) is 6. The maximum absolute atomic E-state index is 12.4. The van der Waals surface area contributed by atoms with Crippen LogP contribution in [0.1, 0.15) is 48.1 Å². The summed E-state index contributed by atoms with van der Waals surface area (Å²) in [5.74, 6) is 1.12. The van der Waals surface area contributed by atoms with Gasteiger partial charge in [0.15, 0.2) is 0 Å². The number of thiophene rings is 1. The highest BCUT2D eigenvalue weighted by Crippen LogP contribution is 2.24. The number of carbonyl (C=O) groups is 2. The Morgan fingerprint density at radius 2 is 2.03 bits per heavy atom. The smallest absolute Gasteiger partial charge is 0.242 e. The first-order valence-electron chi connectivity index (χ1n) is 10.5. The Bertz CT molecular complexity index is 1050. The molecule has 1 N–H and O–H groups in total. The van der Waals surface area contributed by atoms with E-state index in [1.807, 2.05) is 12.1 Å². The van der Waals surface area contributed by atoms with Crippen LogP contribution >= 0.6 is 11.3 Å². The summed E-state index contributed by atoms with van der Waals surface area (Å²) >= 11 is 1.74. The second-order valence-electron chi connectivity index (χ2n) is 8.00. The molecule has 0 atom stereocenters. The van der Waals surface area contributed by atoms with Gasteiger partial charge in [-0.15, -0.1) is 11.3 Å². The predicted molar refractivity (Wildman–Crippen MR) is 119 cm³/mol. The summed E-state index contributed by atoms with van der Waals surface area (Å²) in [6.45, 7) is 5.62. The Morgan fingerprint density at radius 3 is 2.81 bits per heavy atom. The van der Waals surface area contributed by atoms with E-state index in [1.54, 1.807) is 16.2 Å². The van der Waals surface area contributed by atoms with E-state index in [1.165, 1.54) is 16.0 Å². The van der Waals surface area contributed by atoms with Crippen LogP contribution in [0.5, 0.6) is 0 Å². The molecule has 2 aromatic heterocycles. The molecule has 2 amide bonds. The molecule has 0 saturated carbocycles. The first kappa shape index (κ1) is 21.2. The Hall–Kier alpha value is -3.00. The fourth-order valence-corrected chi connectivity index (χ4v) is 4.44. The number of aromatic nitrogens is 2. The van der Waals surface area contributed by atoms with Gasteiger partial charge in [0.2, 0.25) is 23.5 Å². The molecule has 1 aliphatic rings. The van der Waals surface area contributed by atoms with Gasteiger partial charge in [-0.05, 0) is 34.9 Å². The summed E-state index contributed by atoms with van der Waals surface area (Å²) in [5.41, 5.74) is 3.34. The Labute approximate surface area is 185 Å². The number of hydrogen-bond donors (Lipinski definition) is 1. The first-order chi connectivity index (χ1) is 15.0. The average Bonchev–Trinajstić information content (AvgIpc) is 3.45. The molecule has 3 aromatic rings. The van der Waals surface area contributed by atoms with Gasteiger partial charge in [-0.1, -0.05) is 43.3 Å². The van der Waals surface area contributed by atoms with Gasteiger partial charge in [-0.3, -0.25) is 9.59 Å². The van der Waals surface area contributed by atoms with E-state index in [4.69, 9.17) is 4.52 Å². The van der Waals surface area contributed by atoms with Gasteiger partial charge in [0, 0.05) is 36.4 Å². The van der Waals surface area contributed by atoms with Gasteiger partial charge < -0.3 is 14.7 Å². The molecule has 162 valence electrons. The molecule has 0 unspecified atom stereocenters. The van der Waals surface area contributed by atoms with Crippen LogP contribution in [0.25, 0.3) is 11.4 Å². The van der Waals surface area contributed by atoms with E-state index in [9.17, 15) is 9.59 Å². The van der Waals surface area contributed by atoms with Crippen molar-refractivity contribution >= 4 is 23.2 Å². The van der Waals surface area contributed by atoms with Crippen LogP contribution in [0.2, 0.25) is 0 Å². The topological polar surface area (TPSA) is 88.3 Å². The van der Waals surface area contributed by atoms with Crippen LogP contribution in [0.3, 0.4) is 0 Å². The average molecular weight is 439 g/mol. The third kappa shape index (κ3) is 5.19. The summed E-state index contributed by atoms with van der Waals surface area (Å²) in [5, 5.41) is 8.78. The number of fused-ring (bicyclic) bond motifs is 1. The van der Waals surface area contributed by atoms with Gasteiger partial charge in [0.05, 0.1) is 6.54 Å². The van der Waals surface area contributed by atoms with Crippen molar-refractivity contribution in [3.8, 4) is 11.4 Å². The zero-order valence-electron chi connectivity index (χ0n) is 17.8. The molecule has 3 heterocycles. The van der Waals surface area contributed by atoms with Crippen LogP contribution in [0, 0.1) is 0 Å². The molecule has 0 saturated heterocycles. The predicted octanol–water partition coefficient (Wildman–Crippen LogP) is 3.56. The highest BCUT2D eigenvalue weighted by Gasteiger charge is 2.21. The van der Waals surface area contributed by atoms with Crippen molar-refractivity contribution in [2.75, 3.05) is 13.1 Å². The maximum Gasteiger partial charge on any atom is 0.242 e. The van der Waals surface area contributed by atoms with Crippen molar-refractivity contribution in [1.82, 2.24) is 20.4 Å². The fraction of sp³-hybridized carbons (Fsp3) is 0.391. The molecule has 7 nitrogen and oxygen atoms in total. The summed E-state index contributed by atoms with van der Waals surface area (Å²) in [4.78, 5) is 32.1. The summed E-state index contributed by atoms with van der Waals surface area (Å²) in [6, 6.07) is 10.1. The van der Waals surface area contributed by atoms with Crippen LogP contribution < -0.4 is 5.32 Å². The molecule has 0 aliphatic carbocycles. The minimum atomic E-state index is -0.206. The van der Waals surface area contributed by atoms with Crippen LogP contribution in [-0.2, 0) is 29.0 Å². The molecule has 0 spiro atoms. The van der Waals surface area contributed by atoms with Crippen LogP contribution in [-0.4, -0.2) is 39.9 Å². The SMILES string of the molecule is CC(C)c1ccc(-c2noc(CCC(=O)NCC(=O)N3CCc4sccc4C3)n2)cc1. The van der Waals surface area contributed by atoms with E-state index in [0.717, 1.165) is 12.0 Å². The van der Waals surface area contributed by atoms with E-state index < -0.39 is 0 Å². The highest BCUT2D eigenvalue weighted by atomic mass is 32.1. The summed E-state index contributed by atoms with van der Waals surface area (Å²) in [7, 11) is 0. The van der Waals surface area contributed by atoms with Gasteiger partial charge >= 0.3 is 0 Å². The molecular formula is C23H26N4O3S. The van der Waals surface area contributed by atoms with Crippen molar-refractivity contribution in [2.24, 2.45) is 0 Å². The number of amides is 2. The lowest BCUT2D eigenvalue weighted by Crippen LogP contribution is -2.42. The zero-order chi connectivity index (χ0) is 21.8. The minimum absolute atomic E-state index is 0.00951. The van der Waals surface area contributed by atoms with E-state index in [-0.39, 0.29) is 24.8 Å². The second kappa shape index (κ2) is 9.43. The number of carbonyl (C=O) groups excluding carboxylic acids is 2. The molecule has 0 bridgehead atoms. The number of rotatable bonds is 7. The highest BCUT2D eigenvalue weighted by molar-refractivity contribution is 7.10. The molecule has 31 heavy (non-hydrogen) atoms. The number of aryl methyl sites for hydroxylation is 1. The molecule has 8 heteroatoms. The molecule has 0 fully saturated rings. The Kier molecular flexibility index (Phi) is 6.46. The van der Waals surface area contributed by atoms with E-state index in [2.05, 4.69) is 52.9 Å². The van der Waals surface area contributed by atoms with Crippen LogP contribution in [0.4, 0.5) is 0 Å². The van der Waals surface area contributed by atoms with Gasteiger partial charge in [-0.2, -0.15) is 4.98 Å². The standard InChI is InChI=1S/C23H26N4O3S/c1-15(2)16-3-5-17(6-4-16)23-25-21(30-26-23)8-7-20(28)24-13-22(29)27-11-9-19-18(14-27)10-12-31-19/h3-6,10,12,15H,7-9,11,13-14H2,1-2H3,(H,24,28). The minimum Gasteiger partial charge on any atom is -0.347 e. The molecular weight excluding hydrogens is 412 g/mol. The summed E-state index contributed by atoms with van der Waals surface area (Å²) < 4.78 is 5.28. The number of nitrogens with one attached hydrogen (secondary N) is 1. The van der Waals surface area contributed by atoms with Gasteiger partial charge in [0.1, 0.15) is 0 Å². The Morgan fingerprint density at radius 1 is 1.23 bits per heavy atom. The lowest BCUT2D eigenvalue weighted by atomic mass is 10.0. The molecule has 1 aromatic carbocycles. The quantitative estimate of drug-likeness (QED) is 0.609. The van der Waals surface area contributed by atoms with Crippen molar-refractivity contribution < 1.29 is 14.1 Å². The normalized spacial score (nSPS) is 13.3. The van der Waals surface area contributed by atoms with E-state index in [0.29, 0.717) is 37.1 Å². The monoisotopic (exact) mass is 438 g/mol. The van der Waals surface area contributed by atoms with Crippen molar-refractivity contribution in [3.05, 3.63) is 57.6 Å². The molecule has 1 aliphatic heterocycles. The lowest BCUT2D eigenvalue weighted by molar-refractivity contribution is -0.133. The zero-order valence-corrected chi connectivity index (χ0v) is 18.6. The molecule has 4 rings (SSSR count). The molecule has 0 radical (unpaired) electrons. The second-order valence-corrected chi connectivity index (χ2v) is 9.00. The lowest BCUT2D eigenvalue weighted by Gasteiger charge is -2.27. The number of benzene rings is 1. The Balaban J connectivity index is 1.23. The summed E-state index contributed by atoms with van der Waals surface area (Å²) in [6.07, 6.45) is 1.40. The van der Waals surface area contributed by atoms with Crippen LogP contribution in [0.15, 0.2) is 40.2 Å². The largest absolute Gasteiger partial charge is 0.347 e. The third-order valence-electron chi connectivity index (χ3n) is 5.47. The number of nitrogens with zero attached hydrogens (tertiary/aromatic N) is 3. The van der Waals surface area contributed by atoms with Crippen molar-refractivity contribution in [1.29, 1.82) is 0 Å². The van der Waals surface area contributed by atoms with E-state index >= 15 is 0 Å². The maximum atomic E-state index is 12.4. The van der Waals surface area contributed by atoms with Gasteiger partial charge in [-0.25, -0.2) is 0 Å². The first-order valence-corrected chi connectivity index (χ1v) is 11.4. The van der Waals surface area contributed by atoms with Crippen molar-refractivity contribution in [2.45, 2.75) is 45.6 Å². The third-order valence-corrected chi connectivity index (χ3v) is 6.49.